The number of carboxylic acid groups (broad SMARTS) is 1. The van der Waals surface area contributed by atoms with Crippen LogP contribution in [0.4, 0.5) is 0 Å². The van der Waals surface area contributed by atoms with Gasteiger partial charge in [0.15, 0.2) is 0 Å². The summed E-state index contributed by atoms with van der Waals surface area (Å²) in [5, 5.41) is 9.53. The van der Waals surface area contributed by atoms with E-state index < -0.39 is 5.97 Å². The molecule has 0 saturated carbocycles. The van der Waals surface area contributed by atoms with Crippen LogP contribution in [-0.2, 0) is 9.59 Å². The molecular formula is C35H69NO3. The molecule has 39 heavy (non-hydrogen) atoms. The summed E-state index contributed by atoms with van der Waals surface area (Å²) in [5.74, 6) is -0.385. The largest absolute Gasteiger partial charge is 0.480 e. The highest BCUT2D eigenvalue weighted by Gasteiger charge is 2.21. The van der Waals surface area contributed by atoms with Gasteiger partial charge in [-0.05, 0) is 25.2 Å². The molecule has 1 N–H and O–H groups in total. The van der Waals surface area contributed by atoms with Crippen LogP contribution in [0.25, 0.3) is 0 Å². The van der Waals surface area contributed by atoms with Crippen molar-refractivity contribution < 1.29 is 14.7 Å². The van der Waals surface area contributed by atoms with Gasteiger partial charge in [0, 0.05) is 13.0 Å². The number of amides is 1. The first kappa shape index (κ1) is 37.9. The van der Waals surface area contributed by atoms with Crippen molar-refractivity contribution in [2.24, 2.45) is 5.92 Å². The highest BCUT2D eigenvalue weighted by atomic mass is 16.4. The maximum atomic E-state index is 13.1. The van der Waals surface area contributed by atoms with E-state index in [0.29, 0.717) is 18.9 Å². The van der Waals surface area contributed by atoms with Gasteiger partial charge < -0.3 is 10.0 Å². The first-order valence-electron chi connectivity index (χ1n) is 17.5. The SMILES string of the molecule is CCCCCCCCCCCC(=O)N(CC(=O)O)CC(CCCCCCCC)CCCCCCCCCCC. The Bertz CT molecular complexity index is 536. The number of carbonyl (C=O) groups is 2. The van der Waals surface area contributed by atoms with E-state index in [4.69, 9.17) is 0 Å². The third-order valence-electron chi connectivity index (χ3n) is 8.33. The molecule has 1 unspecified atom stereocenters. The van der Waals surface area contributed by atoms with E-state index in [1.165, 1.54) is 141 Å². The van der Waals surface area contributed by atoms with Gasteiger partial charge in [0.1, 0.15) is 6.54 Å². The van der Waals surface area contributed by atoms with E-state index >= 15 is 0 Å². The molecule has 0 aromatic carbocycles. The van der Waals surface area contributed by atoms with Crippen molar-refractivity contribution in [3.8, 4) is 0 Å². The first-order chi connectivity index (χ1) is 19.0. The van der Waals surface area contributed by atoms with Crippen LogP contribution in [0.2, 0.25) is 0 Å². The van der Waals surface area contributed by atoms with Gasteiger partial charge in [-0.3, -0.25) is 9.59 Å². The zero-order valence-electron chi connectivity index (χ0n) is 26.8. The number of unbranched alkanes of at least 4 members (excludes halogenated alkanes) is 21. The monoisotopic (exact) mass is 552 g/mol. The van der Waals surface area contributed by atoms with Crippen molar-refractivity contribution >= 4 is 11.9 Å². The second-order valence-corrected chi connectivity index (χ2v) is 12.3. The topological polar surface area (TPSA) is 57.6 Å². The van der Waals surface area contributed by atoms with E-state index in [0.717, 1.165) is 25.7 Å². The molecule has 0 aliphatic carbocycles. The predicted octanol–water partition coefficient (Wildman–Crippen LogP) is 11.1. The van der Waals surface area contributed by atoms with Crippen molar-refractivity contribution in [3.63, 3.8) is 0 Å². The number of hydrogen-bond donors (Lipinski definition) is 1. The van der Waals surface area contributed by atoms with Gasteiger partial charge in [-0.15, -0.1) is 0 Å². The van der Waals surface area contributed by atoms with Gasteiger partial charge in [0.2, 0.25) is 5.91 Å². The van der Waals surface area contributed by atoms with Gasteiger partial charge in [-0.2, -0.15) is 0 Å². The van der Waals surface area contributed by atoms with Crippen LogP contribution in [0.15, 0.2) is 0 Å². The summed E-state index contributed by atoms with van der Waals surface area (Å²) in [5.41, 5.74) is 0. The van der Waals surface area contributed by atoms with Gasteiger partial charge in [0.05, 0.1) is 0 Å². The summed E-state index contributed by atoms with van der Waals surface area (Å²) >= 11 is 0. The summed E-state index contributed by atoms with van der Waals surface area (Å²) in [6.07, 6.45) is 33.4. The van der Waals surface area contributed by atoms with E-state index in [1.807, 2.05) is 0 Å². The lowest BCUT2D eigenvalue weighted by atomic mass is 9.93. The number of carbonyl (C=O) groups excluding carboxylic acids is 1. The number of aliphatic carboxylic acids is 1. The standard InChI is InChI=1S/C35H69NO3/c1-4-7-10-13-16-18-20-23-26-29-33(28-25-22-15-12-9-6-3)31-36(32-35(38)39)34(37)30-27-24-21-19-17-14-11-8-5-2/h33H,4-32H2,1-3H3,(H,38,39). The molecule has 232 valence electrons. The van der Waals surface area contributed by atoms with E-state index in [-0.39, 0.29) is 12.5 Å². The first-order valence-corrected chi connectivity index (χ1v) is 17.5. The zero-order valence-corrected chi connectivity index (χ0v) is 26.8. The quantitative estimate of drug-likeness (QED) is 0.0871. The van der Waals surface area contributed by atoms with Gasteiger partial charge in [0.25, 0.3) is 0 Å². The Kier molecular flexibility index (Phi) is 29.1. The molecule has 0 bridgehead atoms. The molecule has 0 fully saturated rings. The molecule has 0 spiro atoms. The van der Waals surface area contributed by atoms with Crippen LogP contribution in [0.3, 0.4) is 0 Å². The normalized spacial score (nSPS) is 12.1. The Morgan fingerprint density at radius 2 is 0.846 bits per heavy atom. The summed E-state index contributed by atoms with van der Waals surface area (Å²) in [7, 11) is 0. The lowest BCUT2D eigenvalue weighted by Gasteiger charge is -2.27. The molecular weight excluding hydrogens is 482 g/mol. The van der Waals surface area contributed by atoms with Crippen molar-refractivity contribution in [2.45, 2.75) is 194 Å². The fourth-order valence-corrected chi connectivity index (χ4v) is 5.76. The average Bonchev–Trinajstić information content (AvgIpc) is 2.92. The number of carboxylic acids is 1. The predicted molar refractivity (Wildman–Crippen MR) is 169 cm³/mol. The zero-order chi connectivity index (χ0) is 28.8. The summed E-state index contributed by atoms with van der Waals surface area (Å²) in [6.45, 7) is 7.27. The van der Waals surface area contributed by atoms with Gasteiger partial charge in [-0.25, -0.2) is 0 Å². The van der Waals surface area contributed by atoms with Crippen LogP contribution in [0.5, 0.6) is 0 Å². The third-order valence-corrected chi connectivity index (χ3v) is 8.33. The van der Waals surface area contributed by atoms with Crippen LogP contribution in [0, 0.1) is 5.92 Å². The van der Waals surface area contributed by atoms with Gasteiger partial charge in [-0.1, -0.05) is 168 Å². The smallest absolute Gasteiger partial charge is 0.323 e. The van der Waals surface area contributed by atoms with E-state index in [1.54, 1.807) is 4.90 Å². The summed E-state index contributed by atoms with van der Waals surface area (Å²) in [6, 6.07) is 0. The second-order valence-electron chi connectivity index (χ2n) is 12.3. The van der Waals surface area contributed by atoms with E-state index in [2.05, 4.69) is 20.8 Å². The van der Waals surface area contributed by atoms with Crippen LogP contribution < -0.4 is 0 Å². The fourth-order valence-electron chi connectivity index (χ4n) is 5.76. The Hall–Kier alpha value is -1.06. The Morgan fingerprint density at radius 3 is 1.21 bits per heavy atom. The maximum Gasteiger partial charge on any atom is 0.323 e. The highest BCUT2D eigenvalue weighted by Crippen LogP contribution is 2.22. The molecule has 4 heteroatoms. The van der Waals surface area contributed by atoms with Crippen molar-refractivity contribution in [1.29, 1.82) is 0 Å². The molecule has 4 nitrogen and oxygen atoms in total. The summed E-state index contributed by atoms with van der Waals surface area (Å²) in [4.78, 5) is 26.4. The minimum Gasteiger partial charge on any atom is -0.480 e. The maximum absolute atomic E-state index is 13.1. The van der Waals surface area contributed by atoms with Crippen molar-refractivity contribution in [3.05, 3.63) is 0 Å². The molecule has 1 amide bonds. The second kappa shape index (κ2) is 29.9. The molecule has 0 aliphatic rings. The number of hydrogen-bond acceptors (Lipinski definition) is 2. The van der Waals surface area contributed by atoms with Crippen LogP contribution >= 0.6 is 0 Å². The molecule has 1 atom stereocenters. The van der Waals surface area contributed by atoms with Crippen LogP contribution in [0.1, 0.15) is 194 Å². The van der Waals surface area contributed by atoms with E-state index in [9.17, 15) is 14.7 Å². The Morgan fingerprint density at radius 1 is 0.513 bits per heavy atom. The Balaban J connectivity index is 4.56. The average molecular weight is 552 g/mol. The minimum atomic E-state index is -0.878. The van der Waals surface area contributed by atoms with Crippen LogP contribution in [-0.4, -0.2) is 35.0 Å². The van der Waals surface area contributed by atoms with Gasteiger partial charge >= 0.3 is 5.97 Å². The lowest BCUT2D eigenvalue weighted by Crippen LogP contribution is -2.39. The molecule has 0 aromatic rings. The molecule has 0 rings (SSSR count). The minimum absolute atomic E-state index is 0.0559. The number of rotatable bonds is 31. The lowest BCUT2D eigenvalue weighted by molar-refractivity contribution is -0.145. The Labute approximate surface area is 244 Å². The molecule has 0 radical (unpaired) electrons. The van der Waals surface area contributed by atoms with Crippen molar-refractivity contribution in [2.75, 3.05) is 13.1 Å². The highest BCUT2D eigenvalue weighted by molar-refractivity contribution is 5.81. The molecule has 0 aromatic heterocycles. The fraction of sp³-hybridized carbons (Fsp3) is 0.943. The number of nitrogens with zero attached hydrogens (tertiary/aromatic N) is 1. The molecule has 0 aliphatic heterocycles. The molecule has 0 heterocycles. The third kappa shape index (κ3) is 26.9. The summed E-state index contributed by atoms with van der Waals surface area (Å²) < 4.78 is 0. The molecule has 0 saturated heterocycles. The van der Waals surface area contributed by atoms with Crippen molar-refractivity contribution in [1.82, 2.24) is 4.90 Å².